The predicted octanol–water partition coefficient (Wildman–Crippen LogP) is 3.05. The van der Waals surface area contributed by atoms with Gasteiger partial charge in [-0.2, -0.15) is 0 Å². The maximum Gasteiger partial charge on any atom is 0.257 e. The topological polar surface area (TPSA) is 70.1 Å². The standard InChI is InChI=1S/C22H26N2O4/c1-3-17-15-23(22(27)19-10-9-18(28-2)13-20(19)25)12-11-21(26)24(17)14-16-7-5-4-6-8-16/h4-10,13,17,25H,3,11-12,14-15H2,1-2H3/t17-/m0/s1. The van der Waals surface area contributed by atoms with Gasteiger partial charge in [0.1, 0.15) is 11.5 Å². The maximum absolute atomic E-state index is 13.0. The molecule has 1 heterocycles. The number of ether oxygens (including phenoxy) is 1. The molecule has 0 aromatic heterocycles. The Balaban J connectivity index is 1.80. The minimum absolute atomic E-state index is 0.0463. The van der Waals surface area contributed by atoms with E-state index in [4.69, 9.17) is 4.74 Å². The number of rotatable bonds is 5. The molecule has 148 valence electrons. The highest BCUT2D eigenvalue weighted by Gasteiger charge is 2.31. The number of nitrogens with zero attached hydrogens (tertiary/aromatic N) is 2. The molecule has 28 heavy (non-hydrogen) atoms. The second-order valence-corrected chi connectivity index (χ2v) is 6.95. The summed E-state index contributed by atoms with van der Waals surface area (Å²) in [6, 6.07) is 14.4. The van der Waals surface area contributed by atoms with Crippen LogP contribution in [-0.2, 0) is 11.3 Å². The van der Waals surface area contributed by atoms with E-state index in [1.807, 2.05) is 42.2 Å². The van der Waals surface area contributed by atoms with Gasteiger partial charge in [-0.3, -0.25) is 9.59 Å². The molecule has 2 amide bonds. The van der Waals surface area contributed by atoms with E-state index < -0.39 is 0 Å². The summed E-state index contributed by atoms with van der Waals surface area (Å²) in [7, 11) is 1.50. The van der Waals surface area contributed by atoms with Crippen LogP contribution < -0.4 is 4.74 Å². The van der Waals surface area contributed by atoms with Gasteiger partial charge in [-0.15, -0.1) is 0 Å². The van der Waals surface area contributed by atoms with Gasteiger partial charge in [0.2, 0.25) is 5.91 Å². The largest absolute Gasteiger partial charge is 0.507 e. The van der Waals surface area contributed by atoms with Crippen molar-refractivity contribution in [2.75, 3.05) is 20.2 Å². The fourth-order valence-corrected chi connectivity index (χ4v) is 3.54. The number of hydrogen-bond donors (Lipinski definition) is 1. The highest BCUT2D eigenvalue weighted by Crippen LogP contribution is 2.26. The molecule has 0 radical (unpaired) electrons. The summed E-state index contributed by atoms with van der Waals surface area (Å²) in [6.45, 7) is 3.34. The fourth-order valence-electron chi connectivity index (χ4n) is 3.54. The quantitative estimate of drug-likeness (QED) is 0.863. The van der Waals surface area contributed by atoms with Crippen LogP contribution in [-0.4, -0.2) is 53.0 Å². The molecular weight excluding hydrogens is 356 g/mol. The van der Waals surface area contributed by atoms with Crippen LogP contribution in [0.2, 0.25) is 0 Å². The Morgan fingerprint density at radius 1 is 1.21 bits per heavy atom. The van der Waals surface area contributed by atoms with E-state index in [2.05, 4.69) is 0 Å². The monoisotopic (exact) mass is 382 g/mol. The molecule has 2 aromatic carbocycles. The highest BCUT2D eigenvalue weighted by atomic mass is 16.5. The van der Waals surface area contributed by atoms with Gasteiger partial charge >= 0.3 is 0 Å². The van der Waals surface area contributed by atoms with Crippen LogP contribution in [0.1, 0.15) is 35.7 Å². The zero-order valence-electron chi connectivity index (χ0n) is 16.3. The Kier molecular flexibility index (Phi) is 6.19. The molecule has 0 unspecified atom stereocenters. The third-order valence-corrected chi connectivity index (χ3v) is 5.18. The van der Waals surface area contributed by atoms with Crippen molar-refractivity contribution in [1.82, 2.24) is 9.80 Å². The van der Waals surface area contributed by atoms with Crippen molar-refractivity contribution in [2.24, 2.45) is 0 Å². The van der Waals surface area contributed by atoms with Crippen molar-refractivity contribution >= 4 is 11.8 Å². The number of phenolic OH excluding ortho intramolecular Hbond substituents is 1. The first kappa shape index (κ1) is 19.7. The van der Waals surface area contributed by atoms with Crippen molar-refractivity contribution in [3.05, 3.63) is 59.7 Å². The molecule has 0 saturated carbocycles. The number of amides is 2. The number of benzene rings is 2. The lowest BCUT2D eigenvalue weighted by molar-refractivity contribution is -0.133. The summed E-state index contributed by atoms with van der Waals surface area (Å²) in [5.41, 5.74) is 1.29. The van der Waals surface area contributed by atoms with Gasteiger partial charge in [-0.1, -0.05) is 37.3 Å². The van der Waals surface area contributed by atoms with Crippen molar-refractivity contribution in [3.8, 4) is 11.5 Å². The molecular formula is C22H26N2O4. The van der Waals surface area contributed by atoms with E-state index in [1.165, 1.54) is 13.2 Å². The van der Waals surface area contributed by atoms with E-state index in [0.717, 1.165) is 12.0 Å². The lowest BCUT2D eigenvalue weighted by Crippen LogP contribution is -2.43. The van der Waals surface area contributed by atoms with Crippen LogP contribution in [0.15, 0.2) is 48.5 Å². The van der Waals surface area contributed by atoms with Gasteiger partial charge in [0.05, 0.1) is 12.7 Å². The summed E-state index contributed by atoms with van der Waals surface area (Å²) in [4.78, 5) is 29.3. The number of carbonyl (C=O) groups excluding carboxylic acids is 2. The number of hydrogen-bond acceptors (Lipinski definition) is 4. The van der Waals surface area contributed by atoms with Gasteiger partial charge in [0.15, 0.2) is 0 Å². The third kappa shape index (κ3) is 4.27. The van der Waals surface area contributed by atoms with Crippen LogP contribution >= 0.6 is 0 Å². The normalized spacial score (nSPS) is 17.4. The maximum atomic E-state index is 13.0. The van der Waals surface area contributed by atoms with Crippen LogP contribution in [0.5, 0.6) is 11.5 Å². The lowest BCUT2D eigenvalue weighted by Gasteiger charge is -2.31. The second kappa shape index (κ2) is 8.78. The summed E-state index contributed by atoms with van der Waals surface area (Å²) < 4.78 is 5.08. The van der Waals surface area contributed by atoms with Gasteiger partial charge in [-0.05, 0) is 24.1 Å². The SMILES string of the molecule is CC[C@H]1CN(C(=O)c2ccc(OC)cc2O)CCC(=O)N1Cc1ccccc1. The van der Waals surface area contributed by atoms with Gasteiger partial charge in [0.25, 0.3) is 5.91 Å². The number of carbonyl (C=O) groups is 2. The molecule has 3 rings (SSSR count). The average Bonchev–Trinajstić information content (AvgIpc) is 2.87. The molecule has 6 nitrogen and oxygen atoms in total. The Bertz CT molecular complexity index is 838. The van der Waals surface area contributed by atoms with Crippen LogP contribution in [0.3, 0.4) is 0 Å². The van der Waals surface area contributed by atoms with Crippen molar-refractivity contribution in [1.29, 1.82) is 0 Å². The van der Waals surface area contributed by atoms with Gasteiger partial charge in [0, 0.05) is 38.2 Å². The zero-order valence-corrected chi connectivity index (χ0v) is 16.3. The summed E-state index contributed by atoms with van der Waals surface area (Å²) >= 11 is 0. The number of aromatic hydroxyl groups is 1. The smallest absolute Gasteiger partial charge is 0.257 e. The molecule has 1 saturated heterocycles. The zero-order chi connectivity index (χ0) is 20.1. The molecule has 2 aromatic rings. The minimum Gasteiger partial charge on any atom is -0.507 e. The van der Waals surface area contributed by atoms with Crippen molar-refractivity contribution in [2.45, 2.75) is 32.4 Å². The minimum atomic E-state index is -0.270. The van der Waals surface area contributed by atoms with Gasteiger partial charge < -0.3 is 19.6 Å². The highest BCUT2D eigenvalue weighted by molar-refractivity contribution is 5.97. The summed E-state index contributed by atoms with van der Waals surface area (Å²) in [5, 5.41) is 10.2. The molecule has 0 spiro atoms. The first-order valence-corrected chi connectivity index (χ1v) is 9.53. The first-order valence-electron chi connectivity index (χ1n) is 9.53. The predicted molar refractivity (Wildman–Crippen MR) is 106 cm³/mol. The van der Waals surface area contributed by atoms with E-state index in [0.29, 0.717) is 25.4 Å². The van der Waals surface area contributed by atoms with E-state index in [1.54, 1.807) is 17.0 Å². The molecule has 1 fully saturated rings. The van der Waals surface area contributed by atoms with Crippen LogP contribution in [0.25, 0.3) is 0 Å². The Hall–Kier alpha value is -3.02. The molecule has 0 bridgehead atoms. The summed E-state index contributed by atoms with van der Waals surface area (Å²) in [5.74, 6) is 0.146. The van der Waals surface area contributed by atoms with Gasteiger partial charge in [-0.25, -0.2) is 0 Å². The molecule has 1 aliphatic heterocycles. The van der Waals surface area contributed by atoms with E-state index in [-0.39, 0.29) is 35.6 Å². The molecule has 1 aliphatic rings. The Labute approximate surface area is 165 Å². The van der Waals surface area contributed by atoms with E-state index >= 15 is 0 Å². The summed E-state index contributed by atoms with van der Waals surface area (Å²) in [6.07, 6.45) is 1.02. The fraction of sp³-hybridized carbons (Fsp3) is 0.364. The molecule has 6 heteroatoms. The van der Waals surface area contributed by atoms with E-state index in [9.17, 15) is 14.7 Å². The van der Waals surface area contributed by atoms with Crippen molar-refractivity contribution < 1.29 is 19.4 Å². The van der Waals surface area contributed by atoms with Crippen molar-refractivity contribution in [3.63, 3.8) is 0 Å². The third-order valence-electron chi connectivity index (χ3n) is 5.18. The number of methoxy groups -OCH3 is 1. The first-order chi connectivity index (χ1) is 13.5. The molecule has 1 N–H and O–H groups in total. The molecule has 0 aliphatic carbocycles. The lowest BCUT2D eigenvalue weighted by atomic mass is 10.1. The van der Waals surface area contributed by atoms with Crippen LogP contribution in [0, 0.1) is 0 Å². The second-order valence-electron chi connectivity index (χ2n) is 6.95. The number of phenols is 1. The Morgan fingerprint density at radius 3 is 2.61 bits per heavy atom. The molecule has 1 atom stereocenters. The average molecular weight is 382 g/mol. The van der Waals surface area contributed by atoms with Crippen LogP contribution in [0.4, 0.5) is 0 Å². The Morgan fingerprint density at radius 2 is 1.96 bits per heavy atom.